The van der Waals surface area contributed by atoms with E-state index in [2.05, 4.69) is 9.46 Å². The number of nitrogens with zero attached hydrogens (tertiary/aromatic N) is 1. The molecule has 19 heavy (non-hydrogen) atoms. The van der Waals surface area contributed by atoms with Crippen molar-refractivity contribution < 1.29 is 22.7 Å². The zero-order chi connectivity index (χ0) is 15.1. The van der Waals surface area contributed by atoms with Gasteiger partial charge in [-0.2, -0.15) is 17.4 Å². The molecule has 0 radical (unpaired) electrons. The fraction of sp³-hybridized carbons (Fsp3) is 0.909. The molecular weight excluding hydrogens is 272 g/mol. The smallest absolute Gasteiger partial charge is 0.306 e. The van der Waals surface area contributed by atoms with Crippen LogP contribution in [0.4, 0.5) is 0 Å². The van der Waals surface area contributed by atoms with Crippen LogP contribution in [-0.4, -0.2) is 59.2 Å². The van der Waals surface area contributed by atoms with Crippen molar-refractivity contribution in [3.63, 3.8) is 0 Å². The summed E-state index contributed by atoms with van der Waals surface area (Å²) in [6.45, 7) is 4.17. The van der Waals surface area contributed by atoms with Gasteiger partial charge in [-0.15, -0.1) is 0 Å². The second-order valence-corrected chi connectivity index (χ2v) is 6.39. The Hall–Kier alpha value is -0.700. The topological polar surface area (TPSA) is 84.9 Å². The summed E-state index contributed by atoms with van der Waals surface area (Å²) in [5.41, 5.74) is 0. The van der Waals surface area contributed by atoms with Crippen LogP contribution in [0.25, 0.3) is 0 Å². The summed E-state index contributed by atoms with van der Waals surface area (Å²) in [5.74, 6) is -0.344. The average molecular weight is 296 g/mol. The minimum atomic E-state index is -3.64. The Kier molecular flexibility index (Phi) is 8.15. The summed E-state index contributed by atoms with van der Waals surface area (Å²) < 4.78 is 37.2. The van der Waals surface area contributed by atoms with Gasteiger partial charge >= 0.3 is 5.97 Å². The molecule has 0 fully saturated rings. The van der Waals surface area contributed by atoms with E-state index in [4.69, 9.17) is 4.74 Å². The summed E-state index contributed by atoms with van der Waals surface area (Å²) in [4.78, 5) is 11.0. The molecule has 0 aromatic rings. The van der Waals surface area contributed by atoms with Gasteiger partial charge in [-0.25, -0.2) is 0 Å². The molecule has 0 aromatic carbocycles. The van der Waals surface area contributed by atoms with Crippen molar-refractivity contribution in [2.45, 2.75) is 26.3 Å². The number of ether oxygens (including phenoxy) is 2. The SMILES string of the molecule is COCC(NS(=O)(=O)N(C)CCC(=O)OC)C(C)C. The highest BCUT2D eigenvalue weighted by atomic mass is 32.2. The number of hydrogen-bond acceptors (Lipinski definition) is 5. The molecule has 8 heteroatoms. The molecule has 0 rings (SSSR count). The molecule has 0 aliphatic heterocycles. The number of nitrogens with one attached hydrogen (secondary N) is 1. The van der Waals surface area contributed by atoms with E-state index in [0.717, 1.165) is 4.31 Å². The van der Waals surface area contributed by atoms with E-state index >= 15 is 0 Å². The summed E-state index contributed by atoms with van der Waals surface area (Å²) in [5, 5.41) is 0. The molecule has 1 N–H and O–H groups in total. The minimum Gasteiger partial charge on any atom is -0.469 e. The lowest BCUT2D eigenvalue weighted by atomic mass is 10.1. The first-order chi connectivity index (χ1) is 8.74. The van der Waals surface area contributed by atoms with Gasteiger partial charge in [0.2, 0.25) is 0 Å². The van der Waals surface area contributed by atoms with Gasteiger partial charge in [0.1, 0.15) is 0 Å². The van der Waals surface area contributed by atoms with Crippen LogP contribution in [-0.2, 0) is 24.5 Å². The van der Waals surface area contributed by atoms with Gasteiger partial charge < -0.3 is 9.47 Å². The second kappa shape index (κ2) is 8.47. The third-order valence-electron chi connectivity index (χ3n) is 2.72. The Balaban J connectivity index is 4.54. The summed E-state index contributed by atoms with van der Waals surface area (Å²) in [7, 11) is 0.562. The average Bonchev–Trinajstić information content (AvgIpc) is 2.34. The van der Waals surface area contributed by atoms with Crippen LogP contribution in [0, 0.1) is 5.92 Å². The highest BCUT2D eigenvalue weighted by molar-refractivity contribution is 7.87. The van der Waals surface area contributed by atoms with Crippen molar-refractivity contribution in [1.29, 1.82) is 0 Å². The van der Waals surface area contributed by atoms with Gasteiger partial charge in [-0.05, 0) is 5.92 Å². The number of hydrogen-bond donors (Lipinski definition) is 1. The Bertz CT molecular complexity index is 369. The molecule has 0 spiro atoms. The van der Waals surface area contributed by atoms with Crippen LogP contribution in [0.3, 0.4) is 0 Å². The lowest BCUT2D eigenvalue weighted by molar-refractivity contribution is -0.140. The van der Waals surface area contributed by atoms with Crippen molar-refractivity contribution in [2.24, 2.45) is 5.92 Å². The Morgan fingerprint density at radius 2 is 1.89 bits per heavy atom. The van der Waals surface area contributed by atoms with E-state index in [0.29, 0.717) is 6.61 Å². The lowest BCUT2D eigenvalue weighted by Gasteiger charge is -2.25. The van der Waals surface area contributed by atoms with Gasteiger partial charge in [0.25, 0.3) is 10.2 Å². The molecule has 1 atom stereocenters. The normalized spacial score (nSPS) is 13.8. The minimum absolute atomic E-state index is 0.0184. The number of rotatable bonds is 9. The number of methoxy groups -OCH3 is 2. The second-order valence-electron chi connectivity index (χ2n) is 4.58. The molecule has 7 nitrogen and oxygen atoms in total. The van der Waals surface area contributed by atoms with Gasteiger partial charge in [0.05, 0.1) is 20.1 Å². The number of esters is 1. The molecule has 1 unspecified atom stereocenters. The van der Waals surface area contributed by atoms with Crippen LogP contribution in [0.15, 0.2) is 0 Å². The van der Waals surface area contributed by atoms with E-state index < -0.39 is 16.2 Å². The first-order valence-electron chi connectivity index (χ1n) is 6.04. The van der Waals surface area contributed by atoms with Gasteiger partial charge in [-0.1, -0.05) is 13.8 Å². The van der Waals surface area contributed by atoms with Gasteiger partial charge in [0, 0.05) is 26.7 Å². The first-order valence-corrected chi connectivity index (χ1v) is 7.48. The maximum atomic E-state index is 12.0. The fourth-order valence-corrected chi connectivity index (χ4v) is 2.53. The predicted octanol–water partition coefficient (Wildman–Crippen LogP) is -0.0133. The van der Waals surface area contributed by atoms with Gasteiger partial charge in [0.15, 0.2) is 0 Å². The number of carbonyl (C=O) groups excluding carboxylic acids is 1. The van der Waals surface area contributed by atoms with E-state index in [9.17, 15) is 13.2 Å². The Labute approximate surface area is 115 Å². The van der Waals surface area contributed by atoms with E-state index in [-0.39, 0.29) is 24.9 Å². The molecule has 0 aromatic heterocycles. The van der Waals surface area contributed by atoms with Crippen molar-refractivity contribution in [3.8, 4) is 0 Å². The molecule has 0 amide bonds. The molecule has 0 heterocycles. The monoisotopic (exact) mass is 296 g/mol. The standard InChI is InChI=1S/C11H24N2O5S/c1-9(2)10(8-17-4)12-19(15,16)13(3)7-6-11(14)18-5/h9-10,12H,6-8H2,1-5H3. The van der Waals surface area contributed by atoms with Crippen molar-refractivity contribution >= 4 is 16.2 Å². The van der Waals surface area contributed by atoms with Gasteiger partial charge in [-0.3, -0.25) is 4.79 Å². The first kappa shape index (κ1) is 18.3. The van der Waals surface area contributed by atoms with Crippen LogP contribution in [0.2, 0.25) is 0 Å². The van der Waals surface area contributed by atoms with E-state index in [1.807, 2.05) is 13.8 Å². The third kappa shape index (κ3) is 6.86. The van der Waals surface area contributed by atoms with Crippen LogP contribution in [0.1, 0.15) is 20.3 Å². The molecule has 0 aliphatic rings. The zero-order valence-corrected chi connectivity index (χ0v) is 13.0. The summed E-state index contributed by atoms with van der Waals surface area (Å²) in [6, 6.07) is -0.310. The molecule has 0 saturated heterocycles. The third-order valence-corrected chi connectivity index (χ3v) is 4.32. The fourth-order valence-electron chi connectivity index (χ4n) is 1.29. The van der Waals surface area contributed by atoms with Crippen molar-refractivity contribution in [1.82, 2.24) is 9.03 Å². The predicted molar refractivity (Wildman–Crippen MR) is 71.8 cm³/mol. The van der Waals surface area contributed by atoms with Crippen LogP contribution < -0.4 is 4.72 Å². The molecule has 0 aliphatic carbocycles. The van der Waals surface area contributed by atoms with Crippen molar-refractivity contribution in [2.75, 3.05) is 34.4 Å². The summed E-state index contributed by atoms with van der Waals surface area (Å²) in [6.07, 6.45) is 0.0184. The largest absolute Gasteiger partial charge is 0.469 e. The van der Waals surface area contributed by atoms with Crippen LogP contribution >= 0.6 is 0 Å². The summed E-state index contributed by atoms with van der Waals surface area (Å²) >= 11 is 0. The van der Waals surface area contributed by atoms with E-state index in [1.54, 1.807) is 0 Å². The quantitative estimate of drug-likeness (QED) is 0.605. The molecule has 0 saturated carbocycles. The zero-order valence-electron chi connectivity index (χ0n) is 12.2. The maximum absolute atomic E-state index is 12.0. The molecule has 0 bridgehead atoms. The maximum Gasteiger partial charge on any atom is 0.306 e. The Morgan fingerprint density at radius 3 is 2.32 bits per heavy atom. The lowest BCUT2D eigenvalue weighted by Crippen LogP contribution is -2.48. The highest BCUT2D eigenvalue weighted by Crippen LogP contribution is 2.06. The highest BCUT2D eigenvalue weighted by Gasteiger charge is 2.24. The molecule has 114 valence electrons. The van der Waals surface area contributed by atoms with Crippen molar-refractivity contribution in [3.05, 3.63) is 0 Å². The molecular formula is C11H24N2O5S. The van der Waals surface area contributed by atoms with E-state index in [1.165, 1.54) is 21.3 Å². The number of carbonyl (C=O) groups is 1. The van der Waals surface area contributed by atoms with Crippen LogP contribution in [0.5, 0.6) is 0 Å². The Morgan fingerprint density at radius 1 is 1.32 bits per heavy atom.